The lowest BCUT2D eigenvalue weighted by Crippen LogP contribution is -2.72. The molecular formula is C38H42O13. The summed E-state index contributed by atoms with van der Waals surface area (Å²) in [5.74, 6) is -9.27. The van der Waals surface area contributed by atoms with E-state index in [1.807, 2.05) is 26.0 Å². The Hall–Kier alpha value is -4.72. The number of ketones is 2. The quantitative estimate of drug-likeness (QED) is 0.165. The highest BCUT2D eigenvalue weighted by atomic mass is 16.5. The van der Waals surface area contributed by atoms with E-state index in [9.17, 15) is 60.0 Å². The monoisotopic (exact) mass is 706 g/mol. The van der Waals surface area contributed by atoms with Crippen molar-refractivity contribution in [2.24, 2.45) is 28.6 Å². The van der Waals surface area contributed by atoms with Crippen molar-refractivity contribution in [2.45, 2.75) is 70.5 Å². The van der Waals surface area contributed by atoms with Crippen molar-refractivity contribution in [2.75, 3.05) is 13.2 Å². The molecule has 0 spiro atoms. The average Bonchev–Trinajstić information content (AvgIpc) is 3.06. The van der Waals surface area contributed by atoms with Crippen LogP contribution < -0.4 is 0 Å². The molecule has 8 N–H and O–H groups in total. The number of hydrogen-bond acceptors (Lipinski definition) is 12. The molecule has 2 saturated carbocycles. The van der Waals surface area contributed by atoms with E-state index in [-0.39, 0.29) is 49.2 Å². The summed E-state index contributed by atoms with van der Waals surface area (Å²) in [6, 6.07) is 2.66. The van der Waals surface area contributed by atoms with Gasteiger partial charge in [-0.2, -0.15) is 0 Å². The van der Waals surface area contributed by atoms with E-state index >= 15 is 0 Å². The molecule has 4 aliphatic carbocycles. The number of aliphatic hydroxyl groups excluding tert-OH is 2. The van der Waals surface area contributed by atoms with Crippen molar-refractivity contribution in [1.29, 1.82) is 0 Å². The Morgan fingerprint density at radius 3 is 2.29 bits per heavy atom. The van der Waals surface area contributed by atoms with Gasteiger partial charge in [-0.15, -0.1) is 0 Å². The number of ether oxygens (including phenoxy) is 1. The molecule has 0 aromatic heterocycles. The summed E-state index contributed by atoms with van der Waals surface area (Å²) in [5.41, 5.74) is -6.40. The number of esters is 1. The fourth-order valence-electron chi connectivity index (χ4n) is 9.64. The first-order chi connectivity index (χ1) is 24.0. The SMILES string of the molecule is C[C@H]1/C(=C/CO)C=C[C@@H]2[C@H]1CC[C@]1(O)[C@@]2(C)CC[C@@H](OC(=O)[C@@H](CCO)c2c(O)cc3c(c2O)C(=O)c2c(O)cc(O)cc2C3=O)[C@]1(C)C(=O)O. The summed E-state index contributed by atoms with van der Waals surface area (Å²) in [7, 11) is 0. The molecule has 0 saturated heterocycles. The molecule has 0 unspecified atom stereocenters. The van der Waals surface area contributed by atoms with Crippen molar-refractivity contribution in [3.05, 3.63) is 69.8 Å². The van der Waals surface area contributed by atoms with Gasteiger partial charge in [0, 0.05) is 29.2 Å². The van der Waals surface area contributed by atoms with Gasteiger partial charge in [-0.1, -0.05) is 32.1 Å². The predicted octanol–water partition coefficient (Wildman–Crippen LogP) is 3.44. The maximum absolute atomic E-state index is 14.0. The van der Waals surface area contributed by atoms with Crippen molar-refractivity contribution < 1.29 is 64.8 Å². The third kappa shape index (κ3) is 5.00. The summed E-state index contributed by atoms with van der Waals surface area (Å²) in [5, 5.41) is 85.6. The first-order valence-electron chi connectivity index (χ1n) is 17.0. The third-order valence-electron chi connectivity index (χ3n) is 12.5. The highest BCUT2D eigenvalue weighted by Gasteiger charge is 2.72. The minimum atomic E-state index is -2.03. The zero-order valence-electron chi connectivity index (χ0n) is 28.4. The number of carbonyl (C=O) groups is 4. The van der Waals surface area contributed by atoms with E-state index < -0.39 is 110 Å². The molecule has 0 amide bonds. The van der Waals surface area contributed by atoms with Crippen LogP contribution in [0.4, 0.5) is 0 Å². The van der Waals surface area contributed by atoms with Gasteiger partial charge in [0.05, 0.1) is 34.8 Å². The predicted molar refractivity (Wildman–Crippen MR) is 178 cm³/mol. The van der Waals surface area contributed by atoms with Gasteiger partial charge >= 0.3 is 11.9 Å². The molecule has 0 heterocycles. The lowest BCUT2D eigenvalue weighted by molar-refractivity contribution is -0.270. The molecule has 8 atom stereocenters. The lowest BCUT2D eigenvalue weighted by Gasteiger charge is -2.65. The highest BCUT2D eigenvalue weighted by molar-refractivity contribution is 6.30. The van der Waals surface area contributed by atoms with Gasteiger partial charge in [-0.05, 0) is 74.5 Å². The first-order valence-corrected chi connectivity index (χ1v) is 17.0. The van der Waals surface area contributed by atoms with Crippen LogP contribution in [0.15, 0.2) is 42.0 Å². The highest BCUT2D eigenvalue weighted by Crippen LogP contribution is 2.66. The molecule has 2 aromatic carbocycles. The summed E-state index contributed by atoms with van der Waals surface area (Å²) < 4.78 is 5.91. The zero-order chi connectivity index (χ0) is 37.4. The largest absolute Gasteiger partial charge is 0.508 e. The first kappa shape index (κ1) is 36.1. The van der Waals surface area contributed by atoms with Crippen molar-refractivity contribution in [3.8, 4) is 23.0 Å². The van der Waals surface area contributed by atoms with Crippen molar-refractivity contribution >= 4 is 23.5 Å². The topological polar surface area (TPSA) is 239 Å². The number of carbonyl (C=O) groups excluding carboxylic acids is 3. The second-order valence-electron chi connectivity index (χ2n) is 14.7. The van der Waals surface area contributed by atoms with Crippen LogP contribution in [0.1, 0.15) is 96.2 Å². The molecule has 2 aromatic rings. The van der Waals surface area contributed by atoms with Gasteiger partial charge in [0.2, 0.25) is 5.78 Å². The van der Waals surface area contributed by atoms with E-state index in [0.29, 0.717) is 6.42 Å². The van der Waals surface area contributed by atoms with Crippen LogP contribution in [0.2, 0.25) is 0 Å². The third-order valence-corrected chi connectivity index (χ3v) is 12.5. The number of aliphatic carboxylic acids is 1. The van der Waals surface area contributed by atoms with Gasteiger partial charge in [0.15, 0.2) is 5.78 Å². The summed E-state index contributed by atoms with van der Waals surface area (Å²) >= 11 is 0. The molecule has 0 bridgehead atoms. The van der Waals surface area contributed by atoms with E-state index in [4.69, 9.17) is 4.74 Å². The van der Waals surface area contributed by atoms with Crippen LogP contribution in [-0.2, 0) is 14.3 Å². The second-order valence-corrected chi connectivity index (χ2v) is 14.7. The van der Waals surface area contributed by atoms with E-state index in [1.165, 1.54) is 6.92 Å². The average molecular weight is 707 g/mol. The molecule has 0 radical (unpaired) electrons. The van der Waals surface area contributed by atoms with Crippen LogP contribution in [-0.4, -0.2) is 89.3 Å². The second kappa shape index (κ2) is 12.5. The summed E-state index contributed by atoms with van der Waals surface area (Å²) in [6.07, 6.45) is 4.62. The Morgan fingerprint density at radius 1 is 0.961 bits per heavy atom. The molecule has 2 fully saturated rings. The number of aliphatic hydroxyl groups is 3. The van der Waals surface area contributed by atoms with Crippen LogP contribution in [0, 0.1) is 28.6 Å². The molecule has 272 valence electrons. The van der Waals surface area contributed by atoms with Crippen LogP contribution in [0.3, 0.4) is 0 Å². The zero-order valence-corrected chi connectivity index (χ0v) is 28.4. The van der Waals surface area contributed by atoms with Crippen molar-refractivity contribution in [3.63, 3.8) is 0 Å². The number of phenols is 4. The Balaban J connectivity index is 1.37. The number of rotatable bonds is 7. The standard InChI is InChI=1S/C38H42O13/c1-17-18(8-12-39)4-5-24-20(17)6-11-38(50)36(24,2)10-7-27(37(38,3)35(48)49)51-34(47)21(9-13-40)28-26(43)16-23-30(32(28)45)33(46)29-22(31(23)44)14-19(41)15-25(29)42/h4-5,8,14-17,20-21,24,27,39-43,45,50H,6-7,9-13H2,1-3H3,(H,48,49)/b18-8+/t17-,20-,21-,24+,27+,36-,37+,38-/m0/s1. The minimum absolute atomic E-state index is 0.0298. The van der Waals surface area contributed by atoms with E-state index in [1.54, 1.807) is 6.08 Å². The Morgan fingerprint density at radius 2 is 1.65 bits per heavy atom. The number of allylic oxidation sites excluding steroid dienone is 3. The number of aromatic hydroxyl groups is 4. The number of carboxylic acids is 1. The maximum Gasteiger partial charge on any atom is 0.316 e. The van der Waals surface area contributed by atoms with Crippen molar-refractivity contribution in [1.82, 2.24) is 0 Å². The van der Waals surface area contributed by atoms with Crippen LogP contribution >= 0.6 is 0 Å². The number of fused-ring (bicyclic) bond motifs is 5. The summed E-state index contributed by atoms with van der Waals surface area (Å²) in [6.45, 7) is 4.45. The Bertz CT molecular complexity index is 1910. The maximum atomic E-state index is 14.0. The summed E-state index contributed by atoms with van der Waals surface area (Å²) in [4.78, 5) is 54.2. The van der Waals surface area contributed by atoms with Gasteiger partial charge < -0.3 is 45.6 Å². The van der Waals surface area contributed by atoms with Gasteiger partial charge in [-0.3, -0.25) is 19.2 Å². The fraction of sp³-hybridized carbons (Fsp3) is 0.474. The van der Waals surface area contributed by atoms with Gasteiger partial charge in [0.25, 0.3) is 0 Å². The van der Waals surface area contributed by atoms with Gasteiger partial charge in [-0.25, -0.2) is 0 Å². The molecule has 4 aliphatic rings. The smallest absolute Gasteiger partial charge is 0.316 e. The number of hydrogen-bond donors (Lipinski definition) is 8. The molecule has 51 heavy (non-hydrogen) atoms. The Labute approximate surface area is 293 Å². The molecule has 13 nitrogen and oxygen atoms in total. The number of carboxylic acid groups (broad SMARTS) is 1. The van der Waals surface area contributed by atoms with Crippen LogP contribution in [0.25, 0.3) is 0 Å². The lowest BCUT2D eigenvalue weighted by atomic mass is 9.41. The molecular weight excluding hydrogens is 664 g/mol. The van der Waals surface area contributed by atoms with E-state index in [2.05, 4.69) is 0 Å². The number of phenolic OH excluding ortho intramolecular Hbond substituents is 4. The molecule has 6 rings (SSSR count). The van der Waals surface area contributed by atoms with E-state index in [0.717, 1.165) is 23.8 Å². The molecule has 0 aliphatic heterocycles. The van der Waals surface area contributed by atoms with Crippen LogP contribution in [0.5, 0.6) is 23.0 Å². The minimum Gasteiger partial charge on any atom is -0.508 e. The van der Waals surface area contributed by atoms with Gasteiger partial charge in [0.1, 0.15) is 34.5 Å². The number of benzene rings is 2. The Kier molecular flexibility index (Phi) is 8.84. The fourth-order valence-corrected chi connectivity index (χ4v) is 9.64. The molecule has 13 heteroatoms. The normalized spacial score (nSPS) is 32.4.